The molecule has 1 aliphatic heterocycles. The topological polar surface area (TPSA) is 32.9 Å². The molecule has 0 amide bonds. The predicted octanol–water partition coefficient (Wildman–Crippen LogP) is 13.2. The van der Waals surface area contributed by atoms with Crippen molar-refractivity contribution in [3.63, 3.8) is 0 Å². The number of allylic oxidation sites excluding steroid dienone is 2. The van der Waals surface area contributed by atoms with Gasteiger partial charge in [0.05, 0.1) is 29.1 Å². The van der Waals surface area contributed by atoms with E-state index in [2.05, 4.69) is 210 Å². The van der Waals surface area contributed by atoms with Gasteiger partial charge in [0.1, 0.15) is 11.5 Å². The van der Waals surface area contributed by atoms with Crippen molar-refractivity contribution in [3.05, 3.63) is 200 Å². The Bertz CT molecular complexity index is 3300. The van der Waals surface area contributed by atoms with Gasteiger partial charge in [-0.2, -0.15) is 0 Å². The number of imidazole rings is 1. The van der Waals surface area contributed by atoms with Gasteiger partial charge in [0.2, 0.25) is 0 Å². The molecule has 4 heteroatoms. The van der Waals surface area contributed by atoms with E-state index in [9.17, 15) is 0 Å². The molecule has 10 aromatic rings. The molecule has 270 valence electrons. The van der Waals surface area contributed by atoms with Gasteiger partial charge in [-0.05, 0) is 123 Å². The average Bonchev–Trinajstić information content (AvgIpc) is 3.70. The maximum Gasteiger partial charge on any atom is 0.146 e. The van der Waals surface area contributed by atoms with Gasteiger partial charge in [-0.15, -0.1) is 0 Å². The molecule has 3 heterocycles. The van der Waals surface area contributed by atoms with Crippen LogP contribution in [0.2, 0.25) is 0 Å². The quantitative estimate of drug-likeness (QED) is 0.169. The molecule has 0 aliphatic carbocycles. The minimum absolute atomic E-state index is 0.138. The van der Waals surface area contributed by atoms with Gasteiger partial charge in [-0.1, -0.05) is 127 Å². The van der Waals surface area contributed by atoms with Crippen molar-refractivity contribution < 1.29 is 0 Å². The highest BCUT2D eigenvalue weighted by molar-refractivity contribution is 6.15. The van der Waals surface area contributed by atoms with Gasteiger partial charge in [-0.25, -0.2) is 4.98 Å². The number of aliphatic imine (C=N–C) groups is 1. The average molecular weight is 731 g/mol. The summed E-state index contributed by atoms with van der Waals surface area (Å²) in [4.78, 5) is 12.5. The van der Waals surface area contributed by atoms with Crippen LogP contribution >= 0.6 is 0 Å². The summed E-state index contributed by atoms with van der Waals surface area (Å²) in [6.07, 6.45) is 8.55. The van der Waals surface area contributed by atoms with E-state index in [1.54, 1.807) is 0 Å². The zero-order valence-corrected chi connectivity index (χ0v) is 31.5. The number of benzene rings is 8. The molecule has 4 nitrogen and oxygen atoms in total. The molecule has 8 aromatic carbocycles. The number of amidine groups is 1. The summed E-state index contributed by atoms with van der Waals surface area (Å²) in [6, 6.07) is 61.8. The Morgan fingerprint density at radius 2 is 1.07 bits per heavy atom. The lowest BCUT2D eigenvalue weighted by molar-refractivity contribution is 0.883. The van der Waals surface area contributed by atoms with E-state index in [0.717, 1.165) is 39.2 Å². The van der Waals surface area contributed by atoms with Gasteiger partial charge in [-0.3, -0.25) is 9.39 Å². The first-order valence-corrected chi connectivity index (χ1v) is 19.7. The highest BCUT2D eigenvalue weighted by Gasteiger charge is 2.21. The van der Waals surface area contributed by atoms with Crippen molar-refractivity contribution in [2.45, 2.75) is 13.0 Å². The molecule has 11 rings (SSSR count). The molecule has 0 N–H and O–H groups in total. The Kier molecular flexibility index (Phi) is 7.82. The summed E-state index contributed by atoms with van der Waals surface area (Å²) in [6.45, 7) is 2.85. The Morgan fingerprint density at radius 3 is 1.79 bits per heavy atom. The standard InChI is InChI=1S/C53H38N4/c1-35-12-4-3-11-29-54-52(56(35)45-13-5-2-6-14-45)44-26-25-40-31-38(22-24-42(40)33-44)36-19-20-39-32-41(23-21-37(39)30-36)43-27-28-47-48(34-43)46-15-7-9-17-50(46)57-51-18-10-8-16-49(51)55-53(47)57/h2-28,30-35H,29H2,1H3/b11-3-,12-4-,54-52-. The first-order chi connectivity index (χ1) is 28.2. The normalized spacial score (nSPS) is 16.8. The van der Waals surface area contributed by atoms with Crippen molar-refractivity contribution in [3.8, 4) is 22.3 Å². The van der Waals surface area contributed by atoms with Crippen LogP contribution in [0.25, 0.3) is 82.2 Å². The van der Waals surface area contributed by atoms with Crippen molar-refractivity contribution in [1.29, 1.82) is 0 Å². The molecule has 0 saturated carbocycles. The number of para-hydroxylation sites is 4. The van der Waals surface area contributed by atoms with Crippen LogP contribution in [-0.2, 0) is 0 Å². The molecule has 1 atom stereocenters. The first-order valence-electron chi connectivity index (χ1n) is 19.7. The second kappa shape index (κ2) is 13.5. The maximum atomic E-state index is 5.10. The third kappa shape index (κ3) is 5.68. The van der Waals surface area contributed by atoms with E-state index in [-0.39, 0.29) is 6.04 Å². The Labute approximate surface area is 331 Å². The number of aromatic nitrogens is 2. The monoisotopic (exact) mass is 730 g/mol. The number of hydrogen-bond acceptors (Lipinski definition) is 3. The summed E-state index contributed by atoms with van der Waals surface area (Å²) in [5.74, 6) is 0.978. The number of rotatable bonds is 4. The zero-order chi connectivity index (χ0) is 37.9. The fraction of sp³-hybridized carbons (Fsp3) is 0.0566. The first kappa shape index (κ1) is 33.1. The molecule has 0 spiro atoms. The number of pyridine rings is 1. The van der Waals surface area contributed by atoms with E-state index in [4.69, 9.17) is 9.98 Å². The van der Waals surface area contributed by atoms with Crippen LogP contribution in [0.3, 0.4) is 0 Å². The lowest BCUT2D eigenvalue weighted by Gasteiger charge is -2.31. The smallest absolute Gasteiger partial charge is 0.146 e. The molecule has 0 fully saturated rings. The Balaban J connectivity index is 0.928. The summed E-state index contributed by atoms with van der Waals surface area (Å²) in [7, 11) is 0. The lowest BCUT2D eigenvalue weighted by Crippen LogP contribution is -2.38. The highest BCUT2D eigenvalue weighted by atomic mass is 15.2. The van der Waals surface area contributed by atoms with Crippen LogP contribution in [0, 0.1) is 0 Å². The van der Waals surface area contributed by atoms with Gasteiger partial charge in [0.25, 0.3) is 0 Å². The van der Waals surface area contributed by atoms with Crippen LogP contribution in [0.4, 0.5) is 5.69 Å². The van der Waals surface area contributed by atoms with Crippen LogP contribution in [0.15, 0.2) is 199 Å². The molecule has 0 bridgehead atoms. The lowest BCUT2D eigenvalue weighted by atomic mass is 9.95. The van der Waals surface area contributed by atoms with Crippen LogP contribution < -0.4 is 4.90 Å². The van der Waals surface area contributed by atoms with Crippen LogP contribution in [0.1, 0.15) is 12.5 Å². The van der Waals surface area contributed by atoms with Gasteiger partial charge in [0.15, 0.2) is 0 Å². The fourth-order valence-corrected chi connectivity index (χ4v) is 8.69. The Hall–Kier alpha value is -7.30. The zero-order valence-electron chi connectivity index (χ0n) is 31.5. The summed E-state index contributed by atoms with van der Waals surface area (Å²) < 4.78 is 2.30. The maximum absolute atomic E-state index is 5.10. The van der Waals surface area contributed by atoms with Gasteiger partial charge < -0.3 is 4.90 Å². The minimum atomic E-state index is 0.138. The molecule has 1 unspecified atom stereocenters. The predicted molar refractivity (Wildman–Crippen MR) is 242 cm³/mol. The summed E-state index contributed by atoms with van der Waals surface area (Å²) in [5, 5.41) is 8.45. The van der Waals surface area contributed by atoms with E-state index < -0.39 is 0 Å². The van der Waals surface area contributed by atoms with E-state index in [0.29, 0.717) is 6.54 Å². The van der Waals surface area contributed by atoms with Crippen molar-refractivity contribution >= 4 is 71.4 Å². The van der Waals surface area contributed by atoms with E-state index in [1.807, 2.05) is 0 Å². The van der Waals surface area contributed by atoms with Gasteiger partial charge in [0, 0.05) is 22.0 Å². The summed E-state index contributed by atoms with van der Waals surface area (Å²) in [5.41, 5.74) is 11.4. The number of fused-ring (bicyclic) bond motifs is 10. The van der Waals surface area contributed by atoms with Crippen molar-refractivity contribution in [2.75, 3.05) is 11.4 Å². The fourth-order valence-electron chi connectivity index (χ4n) is 8.69. The van der Waals surface area contributed by atoms with E-state index >= 15 is 0 Å². The third-order valence-electron chi connectivity index (χ3n) is 11.5. The highest BCUT2D eigenvalue weighted by Crippen LogP contribution is 2.36. The third-order valence-corrected chi connectivity index (χ3v) is 11.5. The number of hydrogen-bond donors (Lipinski definition) is 0. The molecule has 0 radical (unpaired) electrons. The molecule has 2 aromatic heterocycles. The van der Waals surface area contributed by atoms with E-state index in [1.165, 1.54) is 60.1 Å². The molecule has 0 saturated heterocycles. The second-order valence-electron chi connectivity index (χ2n) is 15.0. The SMILES string of the molecule is CC1/C=C\C=C/C/N=C(/c2ccc3cc(-c4ccc5cc(-c6ccc7c(c6)c6ccccc6n6c8ccccc8nc76)ccc5c4)ccc3c2)N1c1ccccc1. The Morgan fingerprint density at radius 1 is 0.491 bits per heavy atom. The molecular weight excluding hydrogens is 693 g/mol. The molecule has 57 heavy (non-hydrogen) atoms. The van der Waals surface area contributed by atoms with Crippen molar-refractivity contribution in [1.82, 2.24) is 9.38 Å². The molecular formula is C53H38N4. The van der Waals surface area contributed by atoms with Crippen LogP contribution in [0.5, 0.6) is 0 Å². The number of nitrogens with zero attached hydrogens (tertiary/aromatic N) is 4. The second-order valence-corrected chi connectivity index (χ2v) is 15.0. The molecule has 1 aliphatic rings. The van der Waals surface area contributed by atoms with Gasteiger partial charge >= 0.3 is 0 Å². The number of anilines is 1. The summed E-state index contributed by atoms with van der Waals surface area (Å²) >= 11 is 0. The van der Waals surface area contributed by atoms with Crippen molar-refractivity contribution in [2.24, 2.45) is 4.99 Å². The van der Waals surface area contributed by atoms with Crippen LogP contribution in [-0.4, -0.2) is 27.8 Å². The minimum Gasteiger partial charge on any atom is -0.320 e. The largest absolute Gasteiger partial charge is 0.320 e.